The summed E-state index contributed by atoms with van der Waals surface area (Å²) in [6.07, 6.45) is 0.880. The van der Waals surface area contributed by atoms with E-state index in [4.69, 9.17) is 0 Å². The van der Waals surface area contributed by atoms with Crippen molar-refractivity contribution in [1.29, 1.82) is 0 Å². The van der Waals surface area contributed by atoms with Crippen LogP contribution in [0.15, 0.2) is 47.4 Å². The third-order valence-corrected chi connectivity index (χ3v) is 7.62. The molecule has 1 saturated heterocycles. The number of hydrogen-bond acceptors (Lipinski definition) is 4. The summed E-state index contributed by atoms with van der Waals surface area (Å²) in [5.41, 5.74) is 2.60. The van der Waals surface area contributed by atoms with Crippen LogP contribution in [0.5, 0.6) is 0 Å². The zero-order valence-electron chi connectivity index (χ0n) is 15.9. The molecule has 2 aromatic carbocycles. The van der Waals surface area contributed by atoms with E-state index in [1.165, 1.54) is 9.21 Å². The molecule has 0 N–H and O–H groups in total. The van der Waals surface area contributed by atoms with Gasteiger partial charge in [-0.15, -0.1) is 0 Å². The number of hydrogen-bond donors (Lipinski definition) is 0. The Labute approximate surface area is 164 Å². The molecule has 4 rings (SSSR count). The Balaban J connectivity index is 1.51. The molecule has 28 heavy (non-hydrogen) atoms. The quantitative estimate of drug-likeness (QED) is 0.745. The number of rotatable bonds is 3. The van der Waals surface area contributed by atoms with Crippen molar-refractivity contribution >= 4 is 21.8 Å². The predicted molar refractivity (Wildman–Crippen MR) is 105 cm³/mol. The van der Waals surface area contributed by atoms with Crippen molar-refractivity contribution in [1.82, 2.24) is 9.21 Å². The molecular formula is C21H22N2O4S. The number of imide groups is 1. The summed E-state index contributed by atoms with van der Waals surface area (Å²) in [4.78, 5) is 26.9. The summed E-state index contributed by atoms with van der Waals surface area (Å²) >= 11 is 0. The number of nitrogens with zero attached hydrogens (tertiary/aromatic N) is 2. The summed E-state index contributed by atoms with van der Waals surface area (Å²) < 4.78 is 27.5. The molecule has 0 aromatic heterocycles. The first kappa shape index (κ1) is 18.8. The van der Waals surface area contributed by atoms with Crippen molar-refractivity contribution in [3.05, 3.63) is 64.7 Å². The molecule has 1 fully saturated rings. The number of piperidine rings is 1. The van der Waals surface area contributed by atoms with Crippen LogP contribution in [0, 0.1) is 13.8 Å². The lowest BCUT2D eigenvalue weighted by atomic mass is 10.1. The minimum Gasteiger partial charge on any atom is -0.271 e. The van der Waals surface area contributed by atoms with E-state index in [0.29, 0.717) is 28.9 Å². The Hall–Kier alpha value is -2.51. The third-order valence-electron chi connectivity index (χ3n) is 5.56. The molecule has 0 radical (unpaired) electrons. The second-order valence-corrected chi connectivity index (χ2v) is 9.34. The number of benzene rings is 2. The molecular weight excluding hydrogens is 376 g/mol. The van der Waals surface area contributed by atoms with Gasteiger partial charge in [0.25, 0.3) is 11.8 Å². The molecule has 0 aliphatic carbocycles. The maximum absolute atomic E-state index is 13.0. The lowest BCUT2D eigenvalue weighted by Crippen LogP contribution is -2.48. The molecule has 6 nitrogen and oxygen atoms in total. The first-order valence-corrected chi connectivity index (χ1v) is 10.8. The molecule has 0 saturated carbocycles. The number of sulfonamides is 1. The van der Waals surface area contributed by atoms with Gasteiger partial charge in [0.05, 0.1) is 16.0 Å². The highest BCUT2D eigenvalue weighted by Gasteiger charge is 2.42. The minimum absolute atomic E-state index is 0.280. The third kappa shape index (κ3) is 2.95. The summed E-state index contributed by atoms with van der Waals surface area (Å²) in [7, 11) is -3.59. The van der Waals surface area contributed by atoms with Crippen molar-refractivity contribution in [2.75, 3.05) is 13.1 Å². The van der Waals surface area contributed by atoms with Crippen LogP contribution in [0.3, 0.4) is 0 Å². The lowest BCUT2D eigenvalue weighted by molar-refractivity contribution is 0.0536. The van der Waals surface area contributed by atoms with Gasteiger partial charge in [0.2, 0.25) is 10.0 Å². The monoisotopic (exact) mass is 398 g/mol. The van der Waals surface area contributed by atoms with E-state index in [-0.39, 0.29) is 30.9 Å². The summed E-state index contributed by atoms with van der Waals surface area (Å²) in [5.74, 6) is -0.562. The van der Waals surface area contributed by atoms with Crippen LogP contribution in [-0.4, -0.2) is 48.6 Å². The van der Waals surface area contributed by atoms with Gasteiger partial charge in [-0.2, -0.15) is 4.31 Å². The van der Waals surface area contributed by atoms with E-state index in [9.17, 15) is 18.0 Å². The largest absolute Gasteiger partial charge is 0.271 e. The SMILES string of the molecule is Cc1ccc(S(=O)(=O)N2CCC(N3C(=O)c4ccccc4C3=O)CC2)c(C)c1. The molecule has 7 heteroatoms. The topological polar surface area (TPSA) is 74.8 Å². The van der Waals surface area contributed by atoms with Crippen molar-refractivity contribution < 1.29 is 18.0 Å². The average Bonchev–Trinajstić information content (AvgIpc) is 2.92. The van der Waals surface area contributed by atoms with Crippen molar-refractivity contribution in [2.24, 2.45) is 0 Å². The Morgan fingerprint density at radius 2 is 1.46 bits per heavy atom. The van der Waals surface area contributed by atoms with Gasteiger partial charge in [-0.25, -0.2) is 8.42 Å². The highest BCUT2D eigenvalue weighted by atomic mass is 32.2. The summed E-state index contributed by atoms with van der Waals surface area (Å²) in [6, 6.07) is 11.8. The Bertz CT molecular complexity index is 1030. The number of fused-ring (bicyclic) bond motifs is 1. The molecule has 0 unspecified atom stereocenters. The van der Waals surface area contributed by atoms with E-state index in [1.807, 2.05) is 13.0 Å². The van der Waals surface area contributed by atoms with Crippen LogP contribution >= 0.6 is 0 Å². The van der Waals surface area contributed by atoms with Gasteiger partial charge in [0, 0.05) is 19.1 Å². The molecule has 146 valence electrons. The molecule has 2 aliphatic heterocycles. The van der Waals surface area contributed by atoms with Crippen LogP contribution in [0.1, 0.15) is 44.7 Å². The van der Waals surface area contributed by atoms with Gasteiger partial charge in [0.1, 0.15) is 0 Å². The van der Waals surface area contributed by atoms with E-state index >= 15 is 0 Å². The van der Waals surface area contributed by atoms with Crippen LogP contribution in [-0.2, 0) is 10.0 Å². The van der Waals surface area contributed by atoms with Gasteiger partial charge < -0.3 is 0 Å². The molecule has 2 heterocycles. The normalized spacial score (nSPS) is 18.6. The Morgan fingerprint density at radius 3 is 2.00 bits per heavy atom. The fraction of sp³-hybridized carbons (Fsp3) is 0.333. The zero-order valence-corrected chi connectivity index (χ0v) is 16.7. The summed E-state index contributed by atoms with van der Waals surface area (Å²) in [6.45, 7) is 4.30. The highest BCUT2D eigenvalue weighted by molar-refractivity contribution is 7.89. The van der Waals surface area contributed by atoms with E-state index in [1.54, 1.807) is 43.3 Å². The van der Waals surface area contributed by atoms with Gasteiger partial charge in [-0.3, -0.25) is 14.5 Å². The van der Waals surface area contributed by atoms with Crippen molar-refractivity contribution in [3.63, 3.8) is 0 Å². The Morgan fingerprint density at radius 1 is 0.893 bits per heavy atom. The highest BCUT2D eigenvalue weighted by Crippen LogP contribution is 2.30. The molecule has 2 amide bonds. The van der Waals surface area contributed by atoms with Crippen molar-refractivity contribution in [3.8, 4) is 0 Å². The second-order valence-electron chi connectivity index (χ2n) is 7.43. The zero-order chi connectivity index (χ0) is 20.1. The van der Waals surface area contributed by atoms with Crippen LogP contribution < -0.4 is 0 Å². The first-order valence-electron chi connectivity index (χ1n) is 9.35. The fourth-order valence-corrected chi connectivity index (χ4v) is 5.78. The molecule has 2 aliphatic rings. The minimum atomic E-state index is -3.59. The number of carbonyl (C=O) groups excluding carboxylic acids is 2. The number of carbonyl (C=O) groups is 2. The molecule has 2 aromatic rings. The van der Waals surface area contributed by atoms with Gasteiger partial charge in [-0.1, -0.05) is 29.8 Å². The lowest BCUT2D eigenvalue weighted by Gasteiger charge is -2.35. The Kier molecular flexibility index (Phi) is 4.59. The maximum atomic E-state index is 13.0. The standard InChI is InChI=1S/C21H22N2O4S/c1-14-7-8-19(15(2)13-14)28(26,27)22-11-9-16(10-12-22)23-20(24)17-5-3-4-6-18(17)21(23)25/h3-8,13,16H,9-12H2,1-2H3. The van der Waals surface area contributed by atoms with Crippen molar-refractivity contribution in [2.45, 2.75) is 37.6 Å². The second kappa shape index (κ2) is 6.83. The fourth-order valence-electron chi connectivity index (χ4n) is 4.11. The summed E-state index contributed by atoms with van der Waals surface area (Å²) in [5, 5.41) is 0. The average molecular weight is 398 g/mol. The first-order chi connectivity index (χ1) is 13.3. The predicted octanol–water partition coefficient (Wildman–Crippen LogP) is 2.75. The van der Waals surface area contributed by atoms with E-state index in [0.717, 1.165) is 11.1 Å². The van der Waals surface area contributed by atoms with Gasteiger partial charge >= 0.3 is 0 Å². The van der Waals surface area contributed by atoms with E-state index in [2.05, 4.69) is 0 Å². The number of aryl methyl sites for hydroxylation is 2. The molecule has 0 atom stereocenters. The van der Waals surface area contributed by atoms with Crippen LogP contribution in [0.2, 0.25) is 0 Å². The van der Waals surface area contributed by atoms with Crippen LogP contribution in [0.4, 0.5) is 0 Å². The maximum Gasteiger partial charge on any atom is 0.261 e. The smallest absolute Gasteiger partial charge is 0.261 e. The van der Waals surface area contributed by atoms with Gasteiger partial charge in [0.15, 0.2) is 0 Å². The van der Waals surface area contributed by atoms with Crippen LogP contribution in [0.25, 0.3) is 0 Å². The van der Waals surface area contributed by atoms with E-state index < -0.39 is 10.0 Å². The molecule has 0 spiro atoms. The van der Waals surface area contributed by atoms with Gasteiger partial charge in [-0.05, 0) is 50.5 Å². The molecule has 0 bridgehead atoms. The number of amides is 2.